The van der Waals surface area contributed by atoms with E-state index in [0.717, 1.165) is 11.0 Å². The van der Waals surface area contributed by atoms with Crippen LogP contribution in [0.15, 0.2) is 36.4 Å². The van der Waals surface area contributed by atoms with Gasteiger partial charge in [0.1, 0.15) is 11.9 Å². The van der Waals surface area contributed by atoms with Crippen molar-refractivity contribution in [3.05, 3.63) is 58.4 Å². The van der Waals surface area contributed by atoms with E-state index >= 15 is 0 Å². The molecule has 0 bridgehead atoms. The Labute approximate surface area is 153 Å². The number of halogens is 2. The Bertz CT molecular complexity index is 896. The van der Waals surface area contributed by atoms with Crippen molar-refractivity contribution in [3.63, 3.8) is 0 Å². The van der Waals surface area contributed by atoms with Gasteiger partial charge in [-0.05, 0) is 31.2 Å². The van der Waals surface area contributed by atoms with Crippen LogP contribution in [0.5, 0.6) is 0 Å². The Morgan fingerprint density at radius 3 is 2.31 bits per heavy atom. The van der Waals surface area contributed by atoms with Gasteiger partial charge < -0.3 is 10.1 Å². The third-order valence-corrected chi connectivity index (χ3v) is 4.31. The lowest BCUT2D eigenvalue weighted by molar-refractivity contribution is -0.141. The molecule has 1 heterocycles. The van der Waals surface area contributed by atoms with E-state index in [0.29, 0.717) is 0 Å². The zero-order valence-electron chi connectivity index (χ0n) is 13.9. The second kappa shape index (κ2) is 6.76. The maximum Gasteiger partial charge on any atom is 0.327 e. The molecule has 0 spiro atoms. The van der Waals surface area contributed by atoms with Crippen LogP contribution in [-0.2, 0) is 9.53 Å². The Morgan fingerprint density at radius 2 is 1.77 bits per heavy atom. The predicted molar refractivity (Wildman–Crippen MR) is 94.1 cm³/mol. The monoisotopic (exact) mass is 376 g/mol. The molecule has 0 saturated heterocycles. The van der Waals surface area contributed by atoms with E-state index in [4.69, 9.17) is 11.6 Å². The number of rotatable bonds is 4. The number of carbonyl (C=O) groups excluding carboxylic acids is 3. The highest BCUT2D eigenvalue weighted by Crippen LogP contribution is 2.35. The van der Waals surface area contributed by atoms with Crippen LogP contribution in [0.25, 0.3) is 0 Å². The van der Waals surface area contributed by atoms with Gasteiger partial charge in [-0.25, -0.2) is 14.1 Å². The SMILES string of the molecule is COC(=O)C(C)Nc1cc(N2C(=O)c3ccccc3C2=O)c(F)cc1Cl. The smallest absolute Gasteiger partial charge is 0.327 e. The standard InChI is InChI=1S/C18H14ClFN2O4/c1-9(18(25)26-2)21-14-8-15(13(20)7-12(14)19)22-16(23)10-5-3-4-6-11(10)17(22)24/h3-9,21H,1-2H3. The maximum atomic E-state index is 14.5. The van der Waals surface area contributed by atoms with Crippen LogP contribution < -0.4 is 10.2 Å². The molecule has 0 radical (unpaired) electrons. The van der Waals surface area contributed by atoms with Crippen molar-refractivity contribution < 1.29 is 23.5 Å². The number of ether oxygens (including phenoxy) is 1. The largest absolute Gasteiger partial charge is 0.467 e. The first-order valence-corrected chi connectivity index (χ1v) is 8.04. The molecule has 1 aliphatic heterocycles. The summed E-state index contributed by atoms with van der Waals surface area (Å²) in [6.45, 7) is 1.53. The van der Waals surface area contributed by atoms with Gasteiger partial charge in [-0.1, -0.05) is 23.7 Å². The highest BCUT2D eigenvalue weighted by molar-refractivity contribution is 6.36. The van der Waals surface area contributed by atoms with Crippen LogP contribution in [0.4, 0.5) is 15.8 Å². The minimum Gasteiger partial charge on any atom is -0.467 e. The number of carbonyl (C=O) groups is 3. The number of anilines is 2. The van der Waals surface area contributed by atoms with Gasteiger partial charge in [-0.3, -0.25) is 9.59 Å². The second-order valence-electron chi connectivity index (χ2n) is 5.66. The predicted octanol–water partition coefficient (Wildman–Crippen LogP) is 3.25. The van der Waals surface area contributed by atoms with E-state index in [-0.39, 0.29) is 27.5 Å². The summed E-state index contributed by atoms with van der Waals surface area (Å²) < 4.78 is 19.1. The summed E-state index contributed by atoms with van der Waals surface area (Å²) >= 11 is 6.02. The Hall–Kier alpha value is -2.93. The van der Waals surface area contributed by atoms with Gasteiger partial charge in [-0.2, -0.15) is 0 Å². The van der Waals surface area contributed by atoms with E-state index in [1.807, 2.05) is 0 Å². The van der Waals surface area contributed by atoms with Gasteiger partial charge in [0.2, 0.25) is 0 Å². The number of hydrogen-bond acceptors (Lipinski definition) is 5. The van der Waals surface area contributed by atoms with E-state index < -0.39 is 29.6 Å². The molecule has 0 aromatic heterocycles. The average Bonchev–Trinajstić information content (AvgIpc) is 2.88. The number of methoxy groups -OCH3 is 1. The summed E-state index contributed by atoms with van der Waals surface area (Å²) in [5, 5.41) is 2.78. The van der Waals surface area contributed by atoms with E-state index in [2.05, 4.69) is 10.1 Å². The van der Waals surface area contributed by atoms with Gasteiger partial charge >= 0.3 is 5.97 Å². The van der Waals surface area contributed by atoms with Crippen LogP contribution in [0.2, 0.25) is 5.02 Å². The molecule has 2 aromatic rings. The van der Waals surface area contributed by atoms with Crippen molar-refractivity contribution in [1.29, 1.82) is 0 Å². The molecule has 1 N–H and O–H groups in total. The molecule has 3 rings (SSSR count). The maximum absolute atomic E-state index is 14.5. The fourth-order valence-electron chi connectivity index (χ4n) is 2.70. The molecule has 1 unspecified atom stereocenters. The number of benzene rings is 2. The summed E-state index contributed by atoms with van der Waals surface area (Å²) in [4.78, 5) is 37.4. The fourth-order valence-corrected chi connectivity index (χ4v) is 2.90. The second-order valence-corrected chi connectivity index (χ2v) is 6.07. The molecule has 1 atom stereocenters. The van der Waals surface area contributed by atoms with Gasteiger partial charge in [-0.15, -0.1) is 0 Å². The summed E-state index contributed by atoms with van der Waals surface area (Å²) in [5.74, 6) is -2.63. The number of esters is 1. The quantitative estimate of drug-likeness (QED) is 0.654. The van der Waals surface area contributed by atoms with Gasteiger partial charge in [0.05, 0.1) is 34.6 Å². The molecule has 2 aromatic carbocycles. The first-order valence-electron chi connectivity index (χ1n) is 7.66. The van der Waals surface area contributed by atoms with Crippen molar-refractivity contribution in [1.82, 2.24) is 0 Å². The van der Waals surface area contributed by atoms with E-state index in [1.165, 1.54) is 32.2 Å². The molecular weight excluding hydrogens is 363 g/mol. The summed E-state index contributed by atoms with van der Waals surface area (Å²) in [6, 6.07) is 7.68. The average molecular weight is 377 g/mol. The molecule has 26 heavy (non-hydrogen) atoms. The normalized spacial score (nSPS) is 14.2. The lowest BCUT2D eigenvalue weighted by Crippen LogP contribution is -2.31. The number of imide groups is 1. The lowest BCUT2D eigenvalue weighted by Gasteiger charge is -2.19. The Balaban J connectivity index is 2.01. The summed E-state index contributed by atoms with van der Waals surface area (Å²) in [6.07, 6.45) is 0. The summed E-state index contributed by atoms with van der Waals surface area (Å²) in [7, 11) is 1.23. The number of nitrogens with zero attached hydrogens (tertiary/aromatic N) is 1. The molecule has 6 nitrogen and oxygen atoms in total. The third-order valence-electron chi connectivity index (χ3n) is 4.00. The fraction of sp³-hybridized carbons (Fsp3) is 0.167. The minimum absolute atomic E-state index is 0.00129. The number of fused-ring (bicyclic) bond motifs is 1. The highest BCUT2D eigenvalue weighted by Gasteiger charge is 2.38. The van der Waals surface area contributed by atoms with Crippen LogP contribution in [0, 0.1) is 5.82 Å². The van der Waals surface area contributed by atoms with Crippen molar-refractivity contribution >= 4 is 40.8 Å². The third kappa shape index (κ3) is 2.90. The van der Waals surface area contributed by atoms with Crippen molar-refractivity contribution in [2.45, 2.75) is 13.0 Å². The highest BCUT2D eigenvalue weighted by atomic mass is 35.5. The molecular formula is C18H14ClFN2O4. The minimum atomic E-state index is -0.833. The molecule has 0 saturated carbocycles. The Morgan fingerprint density at radius 1 is 1.19 bits per heavy atom. The lowest BCUT2D eigenvalue weighted by atomic mass is 10.1. The number of hydrogen-bond donors (Lipinski definition) is 1. The van der Waals surface area contributed by atoms with Crippen LogP contribution in [0.1, 0.15) is 27.6 Å². The van der Waals surface area contributed by atoms with Gasteiger partial charge in [0.15, 0.2) is 0 Å². The Kier molecular flexibility index (Phi) is 4.65. The summed E-state index contributed by atoms with van der Waals surface area (Å²) in [5.41, 5.74) is 0.339. The van der Waals surface area contributed by atoms with Crippen LogP contribution >= 0.6 is 11.6 Å². The van der Waals surface area contributed by atoms with Crippen molar-refractivity contribution in [2.75, 3.05) is 17.3 Å². The number of amides is 2. The molecule has 8 heteroatoms. The molecule has 0 fully saturated rings. The first kappa shape index (κ1) is 17.9. The van der Waals surface area contributed by atoms with Crippen LogP contribution in [-0.4, -0.2) is 30.9 Å². The van der Waals surface area contributed by atoms with E-state index in [1.54, 1.807) is 12.1 Å². The first-order chi connectivity index (χ1) is 12.3. The molecule has 2 amide bonds. The van der Waals surface area contributed by atoms with Crippen LogP contribution in [0.3, 0.4) is 0 Å². The molecule has 0 aliphatic carbocycles. The molecule has 134 valence electrons. The van der Waals surface area contributed by atoms with Gasteiger partial charge in [0.25, 0.3) is 11.8 Å². The van der Waals surface area contributed by atoms with Crippen molar-refractivity contribution in [2.24, 2.45) is 0 Å². The number of nitrogens with one attached hydrogen (secondary N) is 1. The zero-order valence-corrected chi connectivity index (χ0v) is 14.6. The zero-order chi connectivity index (χ0) is 19.0. The van der Waals surface area contributed by atoms with Crippen molar-refractivity contribution in [3.8, 4) is 0 Å². The topological polar surface area (TPSA) is 75.7 Å². The van der Waals surface area contributed by atoms with E-state index in [9.17, 15) is 18.8 Å². The molecule has 1 aliphatic rings. The van der Waals surface area contributed by atoms with Gasteiger partial charge in [0, 0.05) is 0 Å².